The summed E-state index contributed by atoms with van der Waals surface area (Å²) >= 11 is 0. The molecule has 15 heavy (non-hydrogen) atoms. The Kier molecular flexibility index (Phi) is 16.0. The molecule has 0 aliphatic rings. The zero-order chi connectivity index (χ0) is 12.1. The van der Waals surface area contributed by atoms with Gasteiger partial charge in [0.1, 0.15) is 0 Å². The third kappa shape index (κ3) is 20.1. The Bertz CT molecular complexity index is 126. The molecule has 0 aromatic carbocycles. The van der Waals surface area contributed by atoms with Crippen LogP contribution in [0, 0.1) is 0 Å². The Morgan fingerprint density at radius 3 is 1.60 bits per heavy atom. The summed E-state index contributed by atoms with van der Waals surface area (Å²) in [6, 6.07) is 0. The van der Waals surface area contributed by atoms with E-state index in [2.05, 4.69) is 20.8 Å². The fraction of sp³-hybridized carbons (Fsp3) is 0.917. The number of carbonyl (C=O) groups excluding carboxylic acids is 1. The van der Waals surface area contributed by atoms with Crippen molar-refractivity contribution in [3.63, 3.8) is 0 Å². The monoisotopic (exact) mass is 234 g/mol. The van der Waals surface area contributed by atoms with Crippen molar-refractivity contribution in [1.29, 1.82) is 0 Å². The number of carbonyl (C=O) groups is 1. The van der Waals surface area contributed by atoms with E-state index >= 15 is 0 Å². The molecule has 0 unspecified atom stereocenters. The second-order valence-electron chi connectivity index (χ2n) is 3.80. The molecule has 0 N–H and O–H groups in total. The highest BCUT2D eigenvalue weighted by atomic mass is 31.1. The van der Waals surface area contributed by atoms with E-state index in [1.165, 1.54) is 31.8 Å². The van der Waals surface area contributed by atoms with Crippen LogP contribution < -0.4 is 5.11 Å². The third-order valence-electron chi connectivity index (χ3n) is 2.27. The molecule has 2 nitrogen and oxygen atoms in total. The molecule has 0 radical (unpaired) electrons. The Morgan fingerprint density at radius 1 is 1.07 bits per heavy atom. The summed E-state index contributed by atoms with van der Waals surface area (Å²) in [4.78, 5) is 8.89. The van der Waals surface area contributed by atoms with E-state index in [9.17, 15) is 0 Å². The molecule has 0 saturated heterocycles. The lowest BCUT2D eigenvalue weighted by Gasteiger charge is -2.06. The highest BCUT2D eigenvalue weighted by Crippen LogP contribution is 2.36. The number of hydrogen-bond donors (Lipinski definition) is 0. The van der Waals surface area contributed by atoms with Crippen LogP contribution in [0.25, 0.3) is 0 Å². The van der Waals surface area contributed by atoms with E-state index in [0.717, 1.165) is 6.92 Å². The standard InChI is InChI=1S/C10H23P.C2H4O2/c1-4-7-9-11(6-3)10-8-5-2;1-2(3)4/h4-10H2,1-3H3;1H3,(H,3,4). The Labute approximate surface area is 96.2 Å². The van der Waals surface area contributed by atoms with Crippen LogP contribution in [0.15, 0.2) is 0 Å². The van der Waals surface area contributed by atoms with Gasteiger partial charge in [0.15, 0.2) is 0 Å². The summed E-state index contributed by atoms with van der Waals surface area (Å²) in [5.74, 6) is -1.08. The average molecular weight is 234 g/mol. The van der Waals surface area contributed by atoms with Crippen LogP contribution in [-0.2, 0) is 4.79 Å². The van der Waals surface area contributed by atoms with E-state index in [0.29, 0.717) is 0 Å². The molecule has 0 heterocycles. The van der Waals surface area contributed by atoms with Crippen LogP contribution in [0.3, 0.4) is 0 Å². The molecular formula is C12H27O2P. The quantitative estimate of drug-likeness (QED) is 0.635. The molecule has 0 aromatic heterocycles. The van der Waals surface area contributed by atoms with Gasteiger partial charge >= 0.3 is 0 Å². The summed E-state index contributed by atoms with van der Waals surface area (Å²) in [6.07, 6.45) is 10.4. The molecule has 0 bridgehead atoms. The van der Waals surface area contributed by atoms with Gasteiger partial charge < -0.3 is 9.90 Å². The van der Waals surface area contributed by atoms with Crippen LogP contribution in [0.5, 0.6) is 0 Å². The lowest BCUT2D eigenvalue weighted by atomic mass is 10.4. The van der Waals surface area contributed by atoms with Crippen LogP contribution >= 0.6 is 7.92 Å². The van der Waals surface area contributed by atoms with Crippen LogP contribution in [0.2, 0.25) is 0 Å². The zero-order valence-electron chi connectivity index (χ0n) is 10.8. The molecule has 0 atom stereocenters. The maximum absolute atomic E-state index is 8.89. The Hall–Kier alpha value is -0.100. The minimum absolute atomic E-state index is 0.0908. The number of rotatable bonds is 7. The van der Waals surface area contributed by atoms with Gasteiger partial charge in [0, 0.05) is 13.9 Å². The summed E-state index contributed by atoms with van der Waals surface area (Å²) in [5.41, 5.74) is 0. The minimum Gasteiger partial charge on any atom is -0.550 e. The van der Waals surface area contributed by atoms with Crippen molar-refractivity contribution >= 4 is 13.9 Å². The van der Waals surface area contributed by atoms with Crippen molar-refractivity contribution in [2.45, 2.75) is 53.4 Å². The Morgan fingerprint density at radius 2 is 1.40 bits per heavy atom. The van der Waals surface area contributed by atoms with Gasteiger partial charge in [-0.05, 0) is 26.7 Å². The summed E-state index contributed by atoms with van der Waals surface area (Å²) in [5, 5.41) is 8.89. The first-order valence-corrected chi connectivity index (χ1v) is 8.21. The molecule has 0 rings (SSSR count). The molecule has 0 saturated carbocycles. The van der Waals surface area contributed by atoms with Crippen LogP contribution in [-0.4, -0.2) is 24.5 Å². The van der Waals surface area contributed by atoms with Gasteiger partial charge in [0.25, 0.3) is 0 Å². The molecule has 0 aliphatic carbocycles. The topological polar surface area (TPSA) is 40.1 Å². The predicted molar refractivity (Wildman–Crippen MR) is 69.1 cm³/mol. The maximum Gasteiger partial charge on any atom is 0.0571 e. The second-order valence-corrected chi connectivity index (χ2v) is 7.01. The molecule has 0 aromatic rings. The van der Waals surface area contributed by atoms with Crippen molar-refractivity contribution < 1.29 is 9.90 Å². The van der Waals surface area contributed by atoms with Crippen LogP contribution in [0.4, 0.5) is 0 Å². The maximum atomic E-state index is 8.89. The molecule has 92 valence electrons. The summed E-state index contributed by atoms with van der Waals surface area (Å²) in [6.45, 7) is 7.95. The molecule has 0 amide bonds. The van der Waals surface area contributed by atoms with Crippen molar-refractivity contribution in [1.82, 2.24) is 0 Å². The summed E-state index contributed by atoms with van der Waals surface area (Å²) in [7, 11) is 0.0908. The van der Waals surface area contributed by atoms with E-state index in [-0.39, 0.29) is 7.92 Å². The second kappa shape index (κ2) is 13.9. The van der Waals surface area contributed by atoms with Crippen molar-refractivity contribution in [3.8, 4) is 0 Å². The van der Waals surface area contributed by atoms with Gasteiger partial charge in [0.2, 0.25) is 0 Å². The number of hydrogen-bond acceptors (Lipinski definition) is 2. The van der Waals surface area contributed by atoms with Gasteiger partial charge in [-0.25, -0.2) is 0 Å². The normalized spacial score (nSPS) is 9.67. The molecule has 0 spiro atoms. The van der Waals surface area contributed by atoms with Gasteiger partial charge in [-0.3, -0.25) is 0 Å². The number of carboxylic acids is 1. The summed E-state index contributed by atoms with van der Waals surface area (Å²) < 4.78 is 0. The van der Waals surface area contributed by atoms with E-state index in [4.69, 9.17) is 9.90 Å². The number of carboxylic acid groups (broad SMARTS) is 1. The number of unbranched alkanes of at least 4 members (excludes halogenated alkanes) is 2. The smallest absolute Gasteiger partial charge is 0.0571 e. The third-order valence-corrected chi connectivity index (χ3v) is 5.39. The first-order chi connectivity index (χ1) is 7.08. The minimum atomic E-state index is -1.08. The van der Waals surface area contributed by atoms with Crippen molar-refractivity contribution in [2.24, 2.45) is 0 Å². The van der Waals surface area contributed by atoms with Gasteiger partial charge in [-0.2, -0.15) is 0 Å². The molecule has 0 aliphatic heterocycles. The highest BCUT2D eigenvalue weighted by molar-refractivity contribution is 7.57. The fourth-order valence-corrected chi connectivity index (χ4v) is 4.00. The van der Waals surface area contributed by atoms with E-state index in [1.807, 2.05) is 0 Å². The Balaban J connectivity index is 0. The van der Waals surface area contributed by atoms with Gasteiger partial charge in [0.05, 0.1) is 18.5 Å². The first kappa shape index (κ1) is 17.3. The SMILES string of the molecule is CC(=O)[O-].CCCC[PH+](CC)CCCC. The van der Waals surface area contributed by atoms with E-state index in [1.54, 1.807) is 12.3 Å². The molecule has 3 heteroatoms. The molecular weight excluding hydrogens is 207 g/mol. The lowest BCUT2D eigenvalue weighted by molar-refractivity contribution is -0.302. The van der Waals surface area contributed by atoms with Gasteiger partial charge in [-0.1, -0.05) is 26.7 Å². The largest absolute Gasteiger partial charge is 0.550 e. The first-order valence-electron chi connectivity index (χ1n) is 6.09. The number of aliphatic carboxylic acids is 1. The lowest BCUT2D eigenvalue weighted by Crippen LogP contribution is -2.16. The predicted octanol–water partition coefficient (Wildman–Crippen LogP) is 2.58. The van der Waals surface area contributed by atoms with Crippen LogP contribution in [0.1, 0.15) is 53.4 Å². The van der Waals surface area contributed by atoms with Crippen molar-refractivity contribution in [2.75, 3.05) is 18.5 Å². The van der Waals surface area contributed by atoms with E-state index < -0.39 is 5.97 Å². The van der Waals surface area contributed by atoms with Crippen molar-refractivity contribution in [3.05, 3.63) is 0 Å². The highest BCUT2D eigenvalue weighted by Gasteiger charge is 2.10. The zero-order valence-corrected chi connectivity index (χ0v) is 11.8. The van der Waals surface area contributed by atoms with Gasteiger partial charge in [-0.15, -0.1) is 0 Å². The average Bonchev–Trinajstić information content (AvgIpc) is 2.17. The fourth-order valence-electron chi connectivity index (χ4n) is 1.33. The molecule has 0 fully saturated rings.